The Labute approximate surface area is 140 Å². The molecule has 1 aromatic carbocycles. The van der Waals surface area contributed by atoms with Gasteiger partial charge in [-0.25, -0.2) is 14.6 Å². The first-order valence-electron chi connectivity index (χ1n) is 8.03. The predicted octanol–water partition coefficient (Wildman–Crippen LogP) is 1.58. The van der Waals surface area contributed by atoms with Crippen molar-refractivity contribution in [1.29, 1.82) is 0 Å². The van der Waals surface area contributed by atoms with Crippen LogP contribution in [0, 0.1) is 0 Å². The topological polar surface area (TPSA) is 59.3 Å². The number of hydrogen-bond donors (Lipinski definition) is 0. The van der Waals surface area contributed by atoms with Crippen molar-refractivity contribution in [3.8, 4) is 11.4 Å². The highest BCUT2D eigenvalue weighted by molar-refractivity contribution is 5.87. The van der Waals surface area contributed by atoms with Gasteiger partial charge in [-0.15, -0.1) is 0 Å². The van der Waals surface area contributed by atoms with Gasteiger partial charge in [0.2, 0.25) is 0 Å². The van der Waals surface area contributed by atoms with Crippen LogP contribution < -0.4 is 9.64 Å². The van der Waals surface area contributed by atoms with Crippen LogP contribution in [-0.2, 0) is 0 Å². The fourth-order valence-corrected chi connectivity index (χ4v) is 3.01. The summed E-state index contributed by atoms with van der Waals surface area (Å²) in [6.07, 6.45) is 3.48. The standard InChI is InChI=1S/C17H20N6O/c1-21-7-9-22(10-8-21)16-15-11-20-23(17(15)19-12-18-16)13-3-5-14(24-2)6-4-13/h3-6,11-12H,7-10H2,1-2H3. The molecule has 0 radical (unpaired) electrons. The Morgan fingerprint density at radius 2 is 1.75 bits per heavy atom. The molecule has 0 spiro atoms. The first-order chi connectivity index (χ1) is 11.8. The minimum Gasteiger partial charge on any atom is -0.497 e. The summed E-state index contributed by atoms with van der Waals surface area (Å²) in [7, 11) is 3.81. The van der Waals surface area contributed by atoms with Crippen LogP contribution in [0.25, 0.3) is 16.7 Å². The van der Waals surface area contributed by atoms with Gasteiger partial charge in [0.15, 0.2) is 5.65 Å². The Hall–Kier alpha value is -2.67. The number of piperazine rings is 1. The predicted molar refractivity (Wildman–Crippen MR) is 92.9 cm³/mol. The molecule has 7 heteroatoms. The van der Waals surface area contributed by atoms with Gasteiger partial charge in [-0.05, 0) is 31.3 Å². The van der Waals surface area contributed by atoms with Crippen LogP contribution in [0.3, 0.4) is 0 Å². The summed E-state index contributed by atoms with van der Waals surface area (Å²) in [4.78, 5) is 13.6. The molecule has 0 bridgehead atoms. The van der Waals surface area contributed by atoms with Crippen molar-refractivity contribution in [2.45, 2.75) is 0 Å². The normalized spacial score (nSPS) is 15.8. The van der Waals surface area contributed by atoms with E-state index >= 15 is 0 Å². The molecule has 1 saturated heterocycles. The van der Waals surface area contributed by atoms with Gasteiger partial charge in [-0.1, -0.05) is 0 Å². The van der Waals surface area contributed by atoms with Crippen molar-refractivity contribution < 1.29 is 4.74 Å². The summed E-state index contributed by atoms with van der Waals surface area (Å²) in [6.45, 7) is 4.02. The van der Waals surface area contributed by atoms with Gasteiger partial charge in [-0.3, -0.25) is 0 Å². The molecule has 0 unspecified atom stereocenters. The van der Waals surface area contributed by atoms with E-state index < -0.39 is 0 Å². The number of hydrogen-bond acceptors (Lipinski definition) is 6. The number of aromatic nitrogens is 4. The van der Waals surface area contributed by atoms with Crippen LogP contribution in [0.5, 0.6) is 5.75 Å². The van der Waals surface area contributed by atoms with Crippen molar-refractivity contribution in [2.75, 3.05) is 45.2 Å². The molecule has 1 aliphatic heterocycles. The maximum atomic E-state index is 5.22. The Balaban J connectivity index is 1.73. The van der Waals surface area contributed by atoms with Crippen LogP contribution in [0.15, 0.2) is 36.8 Å². The van der Waals surface area contributed by atoms with Crippen LogP contribution in [0.1, 0.15) is 0 Å². The van der Waals surface area contributed by atoms with Gasteiger partial charge >= 0.3 is 0 Å². The number of likely N-dealkylation sites (N-methyl/N-ethyl adjacent to an activating group) is 1. The van der Waals surface area contributed by atoms with Crippen molar-refractivity contribution >= 4 is 16.9 Å². The number of ether oxygens (including phenoxy) is 1. The maximum absolute atomic E-state index is 5.22. The fraction of sp³-hybridized carbons (Fsp3) is 0.353. The van der Waals surface area contributed by atoms with Crippen LogP contribution in [-0.4, -0.2) is 65.0 Å². The van der Waals surface area contributed by atoms with Crippen LogP contribution in [0.2, 0.25) is 0 Å². The number of benzene rings is 1. The molecule has 124 valence electrons. The lowest BCUT2D eigenvalue weighted by Crippen LogP contribution is -2.44. The third kappa shape index (κ3) is 2.56. The highest BCUT2D eigenvalue weighted by atomic mass is 16.5. The first-order valence-corrected chi connectivity index (χ1v) is 8.03. The lowest BCUT2D eigenvalue weighted by molar-refractivity contribution is 0.312. The average Bonchev–Trinajstić information content (AvgIpc) is 3.07. The molecular formula is C17H20N6O. The monoisotopic (exact) mass is 324 g/mol. The SMILES string of the molecule is COc1ccc(-n2ncc3c(N4CCN(C)CC4)ncnc32)cc1. The van der Waals surface area contributed by atoms with Gasteiger partial charge in [0, 0.05) is 26.2 Å². The summed E-state index contributed by atoms with van der Waals surface area (Å²) in [5.41, 5.74) is 1.78. The lowest BCUT2D eigenvalue weighted by atomic mass is 10.3. The zero-order chi connectivity index (χ0) is 16.5. The summed E-state index contributed by atoms with van der Waals surface area (Å²) in [6, 6.07) is 7.79. The molecule has 3 aromatic rings. The Morgan fingerprint density at radius 3 is 2.46 bits per heavy atom. The van der Waals surface area contributed by atoms with Crippen molar-refractivity contribution in [3.05, 3.63) is 36.8 Å². The molecule has 1 fully saturated rings. The number of methoxy groups -OCH3 is 1. The van der Waals surface area contributed by atoms with E-state index in [1.165, 1.54) is 0 Å². The van der Waals surface area contributed by atoms with Gasteiger partial charge < -0.3 is 14.5 Å². The van der Waals surface area contributed by atoms with E-state index in [9.17, 15) is 0 Å². The molecule has 0 N–H and O–H groups in total. The molecule has 3 heterocycles. The summed E-state index contributed by atoms with van der Waals surface area (Å²) >= 11 is 0. The Bertz CT molecular complexity index is 836. The second-order valence-electron chi connectivity index (χ2n) is 5.98. The quantitative estimate of drug-likeness (QED) is 0.729. The summed E-state index contributed by atoms with van der Waals surface area (Å²) in [5, 5.41) is 5.51. The molecule has 0 amide bonds. The number of fused-ring (bicyclic) bond motifs is 1. The van der Waals surface area contributed by atoms with Gasteiger partial charge in [0.1, 0.15) is 17.9 Å². The van der Waals surface area contributed by atoms with Crippen LogP contribution in [0.4, 0.5) is 5.82 Å². The third-order valence-corrected chi connectivity index (χ3v) is 4.46. The van der Waals surface area contributed by atoms with E-state index in [0.29, 0.717) is 0 Å². The molecular weight excluding hydrogens is 304 g/mol. The van der Waals surface area contributed by atoms with E-state index in [0.717, 1.165) is 54.5 Å². The number of rotatable bonds is 3. The van der Waals surface area contributed by atoms with Crippen LogP contribution >= 0.6 is 0 Å². The zero-order valence-electron chi connectivity index (χ0n) is 13.9. The molecule has 0 saturated carbocycles. The molecule has 4 rings (SSSR count). The maximum Gasteiger partial charge on any atom is 0.168 e. The molecule has 2 aromatic heterocycles. The van der Waals surface area contributed by atoms with E-state index in [-0.39, 0.29) is 0 Å². The zero-order valence-corrected chi connectivity index (χ0v) is 13.9. The van der Waals surface area contributed by atoms with E-state index in [1.807, 2.05) is 35.1 Å². The third-order valence-electron chi connectivity index (χ3n) is 4.46. The molecule has 1 aliphatic rings. The van der Waals surface area contributed by atoms with Gasteiger partial charge in [-0.2, -0.15) is 5.10 Å². The van der Waals surface area contributed by atoms with Crippen molar-refractivity contribution in [1.82, 2.24) is 24.6 Å². The number of nitrogens with zero attached hydrogens (tertiary/aromatic N) is 6. The lowest BCUT2D eigenvalue weighted by Gasteiger charge is -2.33. The van der Waals surface area contributed by atoms with Gasteiger partial charge in [0.05, 0.1) is 24.4 Å². The fourth-order valence-electron chi connectivity index (χ4n) is 3.01. The highest BCUT2D eigenvalue weighted by Gasteiger charge is 2.19. The minimum atomic E-state index is 0.822. The number of anilines is 1. The molecule has 0 atom stereocenters. The van der Waals surface area contributed by atoms with Crippen molar-refractivity contribution in [3.63, 3.8) is 0 Å². The first kappa shape index (κ1) is 14.9. The molecule has 24 heavy (non-hydrogen) atoms. The van der Waals surface area contributed by atoms with E-state index in [1.54, 1.807) is 13.4 Å². The largest absolute Gasteiger partial charge is 0.497 e. The Kier molecular flexibility index (Phi) is 3.78. The summed E-state index contributed by atoms with van der Waals surface area (Å²) < 4.78 is 7.06. The molecule has 0 aliphatic carbocycles. The summed E-state index contributed by atoms with van der Waals surface area (Å²) in [5.74, 6) is 1.79. The minimum absolute atomic E-state index is 0.822. The highest BCUT2D eigenvalue weighted by Crippen LogP contribution is 2.25. The Morgan fingerprint density at radius 1 is 1.00 bits per heavy atom. The van der Waals surface area contributed by atoms with Gasteiger partial charge in [0.25, 0.3) is 0 Å². The smallest absolute Gasteiger partial charge is 0.168 e. The average molecular weight is 324 g/mol. The van der Waals surface area contributed by atoms with Crippen molar-refractivity contribution in [2.24, 2.45) is 0 Å². The van der Waals surface area contributed by atoms with E-state index in [2.05, 4.69) is 31.9 Å². The van der Waals surface area contributed by atoms with E-state index in [4.69, 9.17) is 4.74 Å². The second kappa shape index (κ2) is 6.09. The second-order valence-corrected chi connectivity index (χ2v) is 5.98. The molecule has 7 nitrogen and oxygen atoms in total.